The van der Waals surface area contributed by atoms with Crippen molar-refractivity contribution >= 4 is 11.4 Å². The van der Waals surface area contributed by atoms with E-state index in [2.05, 4.69) is 35.3 Å². The number of fused-ring (bicyclic) bond motifs is 1. The zero-order valence-electron chi connectivity index (χ0n) is 11.9. The normalized spacial score (nSPS) is 13.7. The quantitative estimate of drug-likeness (QED) is 0.917. The van der Waals surface area contributed by atoms with E-state index in [1.165, 1.54) is 16.7 Å². The second-order valence-electron chi connectivity index (χ2n) is 5.32. The van der Waals surface area contributed by atoms with E-state index in [0.29, 0.717) is 0 Å². The molecule has 0 saturated carbocycles. The number of aryl methyl sites for hydroxylation is 1. The monoisotopic (exact) mass is 270 g/mol. The Hall–Kier alpha value is -1.87. The Bertz CT molecular complexity index is 637. The molecule has 0 amide bonds. The number of nitrogens with one attached hydrogen (secondary N) is 1. The van der Waals surface area contributed by atoms with E-state index in [1.54, 1.807) is 12.1 Å². The van der Waals surface area contributed by atoms with Crippen LogP contribution in [0.1, 0.15) is 16.7 Å². The molecule has 0 saturated heterocycles. The van der Waals surface area contributed by atoms with E-state index in [4.69, 9.17) is 0 Å². The fraction of sp³-hybridized carbons (Fsp3) is 0.294. The zero-order chi connectivity index (χ0) is 14.1. The summed E-state index contributed by atoms with van der Waals surface area (Å²) < 4.78 is 13.5. The fourth-order valence-corrected chi connectivity index (χ4v) is 2.86. The first-order valence-corrected chi connectivity index (χ1v) is 6.99. The largest absolute Gasteiger partial charge is 0.341 e. The third-order valence-electron chi connectivity index (χ3n) is 3.95. The van der Waals surface area contributed by atoms with Gasteiger partial charge in [0.2, 0.25) is 0 Å². The minimum absolute atomic E-state index is 0.167. The number of anilines is 2. The van der Waals surface area contributed by atoms with E-state index >= 15 is 0 Å². The lowest BCUT2D eigenvalue weighted by atomic mass is 10.1. The molecule has 0 spiro atoms. The molecule has 20 heavy (non-hydrogen) atoms. The molecule has 0 fully saturated rings. The number of halogens is 1. The molecule has 3 heteroatoms. The lowest BCUT2D eigenvalue weighted by molar-refractivity contribution is 0.628. The van der Waals surface area contributed by atoms with Crippen molar-refractivity contribution in [2.75, 3.05) is 18.5 Å². The van der Waals surface area contributed by atoms with Crippen molar-refractivity contribution in [2.45, 2.75) is 19.9 Å². The van der Waals surface area contributed by atoms with Crippen molar-refractivity contribution in [3.8, 4) is 0 Å². The highest BCUT2D eigenvalue weighted by molar-refractivity contribution is 5.70. The van der Waals surface area contributed by atoms with Crippen LogP contribution in [-0.2, 0) is 13.0 Å². The van der Waals surface area contributed by atoms with Crippen LogP contribution < -0.4 is 10.2 Å². The van der Waals surface area contributed by atoms with Gasteiger partial charge in [-0.3, -0.25) is 0 Å². The van der Waals surface area contributed by atoms with Gasteiger partial charge in [-0.1, -0.05) is 12.1 Å². The van der Waals surface area contributed by atoms with E-state index < -0.39 is 0 Å². The molecule has 1 aliphatic rings. The third-order valence-corrected chi connectivity index (χ3v) is 3.95. The van der Waals surface area contributed by atoms with Gasteiger partial charge in [0.25, 0.3) is 0 Å². The molecular weight excluding hydrogens is 251 g/mol. The van der Waals surface area contributed by atoms with Crippen LogP contribution in [0.5, 0.6) is 0 Å². The molecule has 1 heterocycles. The van der Waals surface area contributed by atoms with Gasteiger partial charge in [-0.05, 0) is 61.3 Å². The van der Waals surface area contributed by atoms with Crippen LogP contribution in [0.15, 0.2) is 36.4 Å². The Morgan fingerprint density at radius 3 is 2.80 bits per heavy atom. The summed E-state index contributed by atoms with van der Waals surface area (Å²) in [7, 11) is 1.95. The van der Waals surface area contributed by atoms with Crippen LogP contribution in [0.2, 0.25) is 0 Å². The molecule has 0 unspecified atom stereocenters. The first-order chi connectivity index (χ1) is 9.69. The van der Waals surface area contributed by atoms with Crippen molar-refractivity contribution in [1.82, 2.24) is 5.32 Å². The Balaban J connectivity index is 1.96. The summed E-state index contributed by atoms with van der Waals surface area (Å²) in [6, 6.07) is 11.5. The van der Waals surface area contributed by atoms with Gasteiger partial charge >= 0.3 is 0 Å². The average molecular weight is 270 g/mol. The van der Waals surface area contributed by atoms with E-state index in [0.717, 1.165) is 30.9 Å². The molecule has 2 aromatic rings. The van der Waals surface area contributed by atoms with Gasteiger partial charge in [0.1, 0.15) is 5.82 Å². The van der Waals surface area contributed by atoms with Crippen molar-refractivity contribution < 1.29 is 4.39 Å². The Kier molecular flexibility index (Phi) is 3.45. The molecule has 1 N–H and O–H groups in total. The van der Waals surface area contributed by atoms with Crippen LogP contribution in [0.4, 0.5) is 15.8 Å². The van der Waals surface area contributed by atoms with Crippen molar-refractivity contribution in [3.05, 3.63) is 58.9 Å². The Morgan fingerprint density at radius 2 is 2.05 bits per heavy atom. The number of hydrogen-bond acceptors (Lipinski definition) is 2. The SMILES string of the molecule is CNCc1ccc(N2CCc3ccc(F)cc32)cc1C. The first kappa shape index (κ1) is 13.1. The molecule has 0 radical (unpaired) electrons. The average Bonchev–Trinajstić information content (AvgIpc) is 2.84. The summed E-state index contributed by atoms with van der Waals surface area (Å²) in [5.74, 6) is -0.167. The fourth-order valence-electron chi connectivity index (χ4n) is 2.86. The Morgan fingerprint density at radius 1 is 1.20 bits per heavy atom. The molecule has 104 valence electrons. The van der Waals surface area contributed by atoms with Crippen LogP contribution in [-0.4, -0.2) is 13.6 Å². The number of nitrogens with zero attached hydrogens (tertiary/aromatic N) is 1. The maximum absolute atomic E-state index is 13.5. The Labute approximate surface area is 119 Å². The van der Waals surface area contributed by atoms with Crippen LogP contribution in [0, 0.1) is 12.7 Å². The molecule has 0 atom stereocenters. The molecule has 0 bridgehead atoms. The summed E-state index contributed by atoms with van der Waals surface area (Å²) in [4.78, 5) is 2.20. The molecule has 2 nitrogen and oxygen atoms in total. The predicted octanol–water partition coefficient (Wildman–Crippen LogP) is 3.55. The molecule has 2 aromatic carbocycles. The van der Waals surface area contributed by atoms with Gasteiger partial charge in [-0.15, -0.1) is 0 Å². The highest BCUT2D eigenvalue weighted by Gasteiger charge is 2.21. The maximum Gasteiger partial charge on any atom is 0.125 e. The zero-order valence-corrected chi connectivity index (χ0v) is 11.9. The van der Waals surface area contributed by atoms with Crippen LogP contribution in [0.3, 0.4) is 0 Å². The predicted molar refractivity (Wildman–Crippen MR) is 81.1 cm³/mol. The second kappa shape index (κ2) is 5.25. The van der Waals surface area contributed by atoms with Gasteiger partial charge in [-0.25, -0.2) is 4.39 Å². The van der Waals surface area contributed by atoms with Gasteiger partial charge in [0.15, 0.2) is 0 Å². The summed E-state index contributed by atoms with van der Waals surface area (Å²) in [5.41, 5.74) is 5.94. The molecule has 3 rings (SSSR count). The second-order valence-corrected chi connectivity index (χ2v) is 5.32. The maximum atomic E-state index is 13.5. The summed E-state index contributed by atoms with van der Waals surface area (Å²) in [6.07, 6.45) is 0.979. The first-order valence-electron chi connectivity index (χ1n) is 6.99. The smallest absolute Gasteiger partial charge is 0.125 e. The minimum Gasteiger partial charge on any atom is -0.341 e. The summed E-state index contributed by atoms with van der Waals surface area (Å²) in [5, 5.41) is 3.17. The van der Waals surface area contributed by atoms with Gasteiger partial charge in [0, 0.05) is 24.5 Å². The highest BCUT2D eigenvalue weighted by atomic mass is 19.1. The summed E-state index contributed by atoms with van der Waals surface area (Å²) in [6.45, 7) is 3.92. The van der Waals surface area contributed by atoms with Crippen LogP contribution in [0.25, 0.3) is 0 Å². The van der Waals surface area contributed by atoms with E-state index in [9.17, 15) is 4.39 Å². The van der Waals surface area contributed by atoms with Crippen LogP contribution >= 0.6 is 0 Å². The number of benzene rings is 2. The summed E-state index contributed by atoms with van der Waals surface area (Å²) >= 11 is 0. The van der Waals surface area contributed by atoms with Crippen molar-refractivity contribution in [3.63, 3.8) is 0 Å². The lowest BCUT2D eigenvalue weighted by Gasteiger charge is -2.21. The van der Waals surface area contributed by atoms with Crippen molar-refractivity contribution in [2.24, 2.45) is 0 Å². The minimum atomic E-state index is -0.167. The van der Waals surface area contributed by atoms with Crippen molar-refractivity contribution in [1.29, 1.82) is 0 Å². The lowest BCUT2D eigenvalue weighted by Crippen LogP contribution is -2.14. The highest BCUT2D eigenvalue weighted by Crippen LogP contribution is 2.35. The molecule has 1 aliphatic heterocycles. The third kappa shape index (κ3) is 2.29. The molecule has 0 aromatic heterocycles. The standard InChI is InChI=1S/C17H19FN2/c1-12-9-16(6-4-14(12)11-19-2)20-8-7-13-3-5-15(18)10-17(13)20/h3-6,9-10,19H,7-8,11H2,1-2H3. The number of rotatable bonds is 3. The van der Waals surface area contributed by atoms with E-state index in [-0.39, 0.29) is 5.82 Å². The molecule has 0 aliphatic carbocycles. The number of hydrogen-bond donors (Lipinski definition) is 1. The van der Waals surface area contributed by atoms with E-state index in [1.807, 2.05) is 13.1 Å². The molecular formula is C17H19FN2. The van der Waals surface area contributed by atoms with Gasteiger partial charge in [0.05, 0.1) is 0 Å². The van der Waals surface area contributed by atoms with Gasteiger partial charge < -0.3 is 10.2 Å². The van der Waals surface area contributed by atoms with Gasteiger partial charge in [-0.2, -0.15) is 0 Å². The topological polar surface area (TPSA) is 15.3 Å².